The third-order valence-corrected chi connectivity index (χ3v) is 5.04. The van der Waals surface area contributed by atoms with Crippen molar-refractivity contribution in [3.8, 4) is 0 Å². The number of para-hydroxylation sites is 1. The van der Waals surface area contributed by atoms with Crippen LogP contribution in [0.15, 0.2) is 35.3 Å². The minimum absolute atomic E-state index is 0. The van der Waals surface area contributed by atoms with Crippen LogP contribution in [0.2, 0.25) is 0 Å². The van der Waals surface area contributed by atoms with Crippen molar-refractivity contribution >= 4 is 35.6 Å². The monoisotopic (exact) mass is 473 g/mol. The number of likely N-dealkylation sites (N-methyl/N-ethyl adjacent to an activating group) is 1. The van der Waals surface area contributed by atoms with Crippen molar-refractivity contribution in [2.45, 2.75) is 38.6 Å². The molecule has 26 heavy (non-hydrogen) atoms. The van der Waals surface area contributed by atoms with Gasteiger partial charge < -0.3 is 15.5 Å². The fourth-order valence-electron chi connectivity index (χ4n) is 3.47. The van der Waals surface area contributed by atoms with Crippen molar-refractivity contribution in [1.82, 2.24) is 15.5 Å². The summed E-state index contributed by atoms with van der Waals surface area (Å²) in [6.45, 7) is 7.66. The van der Waals surface area contributed by atoms with Gasteiger partial charge in [-0.25, -0.2) is 0 Å². The number of hydrogen-bond donors (Lipinski definition) is 2. The van der Waals surface area contributed by atoms with Crippen molar-refractivity contribution in [3.05, 3.63) is 30.3 Å². The molecule has 0 amide bonds. The van der Waals surface area contributed by atoms with Gasteiger partial charge in [0.25, 0.3) is 0 Å². The van der Waals surface area contributed by atoms with Crippen LogP contribution >= 0.6 is 24.0 Å². The lowest BCUT2D eigenvalue weighted by Gasteiger charge is -2.24. The van der Waals surface area contributed by atoms with Crippen molar-refractivity contribution in [2.75, 3.05) is 51.7 Å². The quantitative estimate of drug-likeness (QED) is 0.250. The predicted molar refractivity (Wildman–Crippen MR) is 124 cm³/mol. The Morgan fingerprint density at radius 2 is 2.00 bits per heavy atom. The molecule has 1 atom stereocenters. The molecule has 1 unspecified atom stereocenters. The maximum Gasteiger partial charge on any atom is 0.191 e. The zero-order valence-electron chi connectivity index (χ0n) is 16.6. The number of guanidine groups is 1. The first-order chi connectivity index (χ1) is 12.2. The molecule has 148 valence electrons. The van der Waals surface area contributed by atoms with Gasteiger partial charge in [-0.1, -0.05) is 25.1 Å². The Balaban J connectivity index is 0.00000338. The van der Waals surface area contributed by atoms with Crippen LogP contribution in [0.3, 0.4) is 0 Å². The summed E-state index contributed by atoms with van der Waals surface area (Å²) in [7, 11) is 4.01. The van der Waals surface area contributed by atoms with Gasteiger partial charge >= 0.3 is 0 Å². The van der Waals surface area contributed by atoms with Gasteiger partial charge in [0.1, 0.15) is 0 Å². The number of hydrogen-bond acceptors (Lipinski definition) is 3. The molecule has 1 aromatic rings. The van der Waals surface area contributed by atoms with Crippen LogP contribution in [0, 0.1) is 0 Å². The number of nitrogens with zero attached hydrogens (tertiary/aromatic N) is 3. The molecule has 1 heterocycles. The van der Waals surface area contributed by atoms with Crippen molar-refractivity contribution in [2.24, 2.45) is 4.99 Å². The average molecular weight is 473 g/mol. The van der Waals surface area contributed by atoms with Crippen molar-refractivity contribution < 1.29 is 0 Å². The van der Waals surface area contributed by atoms with E-state index < -0.39 is 0 Å². The summed E-state index contributed by atoms with van der Waals surface area (Å²) < 4.78 is 0. The van der Waals surface area contributed by atoms with E-state index in [1.165, 1.54) is 31.5 Å². The minimum atomic E-state index is 0. The zero-order valence-corrected chi connectivity index (χ0v) is 18.9. The van der Waals surface area contributed by atoms with E-state index in [-0.39, 0.29) is 24.0 Å². The minimum Gasteiger partial charge on any atom is -0.375 e. The lowest BCUT2D eigenvalue weighted by Crippen LogP contribution is -2.45. The van der Waals surface area contributed by atoms with E-state index in [1.54, 1.807) is 0 Å². The maximum absolute atomic E-state index is 4.35. The van der Waals surface area contributed by atoms with Crippen LogP contribution in [0.5, 0.6) is 0 Å². The van der Waals surface area contributed by atoms with E-state index in [4.69, 9.17) is 0 Å². The van der Waals surface area contributed by atoms with E-state index in [0.717, 1.165) is 38.6 Å². The van der Waals surface area contributed by atoms with Gasteiger partial charge in [-0.2, -0.15) is 0 Å². The summed E-state index contributed by atoms with van der Waals surface area (Å²) >= 11 is 0. The Bertz CT molecular complexity index is 508. The largest absolute Gasteiger partial charge is 0.375 e. The number of anilines is 1. The van der Waals surface area contributed by atoms with Gasteiger partial charge in [-0.3, -0.25) is 9.89 Å². The molecular weight excluding hydrogens is 437 g/mol. The number of rotatable bonds is 9. The molecule has 5 nitrogen and oxygen atoms in total. The first-order valence-electron chi connectivity index (χ1n) is 9.69. The molecule has 0 spiro atoms. The molecule has 0 aromatic heterocycles. The highest BCUT2D eigenvalue weighted by Gasteiger charge is 2.22. The molecule has 1 aliphatic rings. The highest BCUT2D eigenvalue weighted by atomic mass is 127. The Morgan fingerprint density at radius 1 is 1.23 bits per heavy atom. The third-order valence-electron chi connectivity index (χ3n) is 5.04. The standard InChI is InChI=1S/C20H35N5.HI/c1-4-25-16-10-13-19(25)17-23-20(21-2)22-14-8-9-15-24(3)18-11-6-5-7-12-18;/h5-7,11-12,19H,4,8-10,13-17H2,1-3H3,(H2,21,22,23);1H. The van der Waals surface area contributed by atoms with Crippen molar-refractivity contribution in [3.63, 3.8) is 0 Å². The molecule has 1 aromatic carbocycles. The highest BCUT2D eigenvalue weighted by molar-refractivity contribution is 14.0. The predicted octanol–water partition coefficient (Wildman–Crippen LogP) is 3.17. The molecular formula is C20H36IN5. The summed E-state index contributed by atoms with van der Waals surface area (Å²) in [6, 6.07) is 11.2. The summed E-state index contributed by atoms with van der Waals surface area (Å²) in [5.74, 6) is 0.930. The second-order valence-corrected chi connectivity index (χ2v) is 6.77. The van der Waals surface area contributed by atoms with Crippen LogP contribution in [0.25, 0.3) is 0 Å². The number of benzene rings is 1. The number of likely N-dealkylation sites (tertiary alicyclic amines) is 1. The molecule has 0 radical (unpaired) electrons. The van der Waals surface area contributed by atoms with E-state index in [1.807, 2.05) is 7.05 Å². The van der Waals surface area contributed by atoms with Gasteiger partial charge in [0.05, 0.1) is 0 Å². The summed E-state index contributed by atoms with van der Waals surface area (Å²) in [5.41, 5.74) is 1.28. The first kappa shape index (κ1) is 23.0. The van der Waals surface area contributed by atoms with Crippen LogP contribution in [-0.2, 0) is 0 Å². The maximum atomic E-state index is 4.35. The highest BCUT2D eigenvalue weighted by Crippen LogP contribution is 2.15. The van der Waals surface area contributed by atoms with E-state index in [0.29, 0.717) is 6.04 Å². The van der Waals surface area contributed by atoms with Gasteiger partial charge in [-0.05, 0) is 50.9 Å². The molecule has 2 N–H and O–H groups in total. The van der Waals surface area contributed by atoms with Crippen LogP contribution in [0.1, 0.15) is 32.6 Å². The summed E-state index contributed by atoms with van der Waals surface area (Å²) in [6.07, 6.45) is 4.93. The number of aliphatic imine (C=N–C) groups is 1. The third kappa shape index (κ3) is 7.70. The Hall–Kier alpha value is -1.02. The molecule has 0 bridgehead atoms. The fraction of sp³-hybridized carbons (Fsp3) is 0.650. The van der Waals surface area contributed by atoms with Crippen LogP contribution in [0.4, 0.5) is 5.69 Å². The lowest BCUT2D eigenvalue weighted by molar-refractivity contribution is 0.267. The van der Waals surface area contributed by atoms with Gasteiger partial charge in [0.15, 0.2) is 5.96 Å². The second kappa shape index (κ2) is 13.2. The van der Waals surface area contributed by atoms with Crippen molar-refractivity contribution in [1.29, 1.82) is 0 Å². The molecule has 0 saturated carbocycles. The number of halogens is 1. The van der Waals surface area contributed by atoms with Gasteiger partial charge in [0.2, 0.25) is 0 Å². The second-order valence-electron chi connectivity index (χ2n) is 6.77. The SMILES string of the molecule is CCN1CCCC1CNC(=NC)NCCCCN(C)c1ccccc1.I. The Labute approximate surface area is 176 Å². The van der Waals surface area contributed by atoms with E-state index >= 15 is 0 Å². The lowest BCUT2D eigenvalue weighted by atomic mass is 10.2. The summed E-state index contributed by atoms with van der Waals surface area (Å²) in [4.78, 5) is 9.21. The Morgan fingerprint density at radius 3 is 2.69 bits per heavy atom. The zero-order chi connectivity index (χ0) is 17.9. The summed E-state index contributed by atoms with van der Waals surface area (Å²) in [5, 5.41) is 6.93. The average Bonchev–Trinajstić information content (AvgIpc) is 3.12. The van der Waals surface area contributed by atoms with Crippen LogP contribution < -0.4 is 15.5 Å². The van der Waals surface area contributed by atoms with Gasteiger partial charge in [-0.15, -0.1) is 24.0 Å². The molecule has 0 aliphatic carbocycles. The number of unbranched alkanes of at least 4 members (excludes halogenated alkanes) is 1. The van der Waals surface area contributed by atoms with Gasteiger partial charge in [0, 0.05) is 45.5 Å². The molecule has 6 heteroatoms. The van der Waals surface area contributed by atoms with E-state index in [9.17, 15) is 0 Å². The smallest absolute Gasteiger partial charge is 0.191 e. The first-order valence-corrected chi connectivity index (χ1v) is 9.69. The molecule has 1 fully saturated rings. The number of nitrogens with one attached hydrogen (secondary N) is 2. The van der Waals surface area contributed by atoms with E-state index in [2.05, 4.69) is 69.7 Å². The molecule has 1 aliphatic heterocycles. The molecule has 1 saturated heterocycles. The topological polar surface area (TPSA) is 42.9 Å². The fourth-order valence-corrected chi connectivity index (χ4v) is 3.47. The normalized spacial score (nSPS) is 17.7. The Kier molecular flexibility index (Phi) is 11.7. The van der Waals surface area contributed by atoms with Crippen LogP contribution in [-0.4, -0.2) is 63.7 Å². The molecule has 2 rings (SSSR count).